The maximum absolute atomic E-state index is 13.3. The maximum Gasteiger partial charge on any atom is 0.126 e. The number of aryl methyl sites for hydroxylation is 2. The van der Waals surface area contributed by atoms with E-state index in [1.807, 2.05) is 13.0 Å². The molecule has 18 heavy (non-hydrogen) atoms. The van der Waals surface area contributed by atoms with Crippen molar-refractivity contribution in [3.8, 4) is 0 Å². The molecular weight excluding hydrogens is 229 g/mol. The molecule has 0 unspecified atom stereocenters. The Balaban J connectivity index is 1.88. The van der Waals surface area contributed by atoms with E-state index in [0.29, 0.717) is 18.7 Å². The molecule has 0 atom stereocenters. The molecule has 1 aromatic carbocycles. The lowest BCUT2D eigenvalue weighted by Gasteiger charge is -2.05. The number of halogens is 1. The van der Waals surface area contributed by atoms with Gasteiger partial charge in [0.25, 0.3) is 0 Å². The molecule has 1 N–H and O–H groups in total. The Bertz CT molecular complexity index is 523. The van der Waals surface area contributed by atoms with E-state index in [2.05, 4.69) is 15.3 Å². The van der Waals surface area contributed by atoms with Crippen molar-refractivity contribution in [2.45, 2.75) is 26.9 Å². The molecule has 94 valence electrons. The zero-order valence-electron chi connectivity index (χ0n) is 10.6. The summed E-state index contributed by atoms with van der Waals surface area (Å²) in [6, 6.07) is 5.27. The topological polar surface area (TPSA) is 37.8 Å². The molecule has 0 aliphatic carbocycles. The van der Waals surface area contributed by atoms with Crippen LogP contribution in [0.2, 0.25) is 0 Å². The van der Waals surface area contributed by atoms with Crippen molar-refractivity contribution < 1.29 is 4.39 Å². The standard InChI is InChI=1S/C14H16FN3/c1-10-3-4-12(5-14(10)15)7-16-8-13-9-17-11(2)6-18-13/h3-6,9,16H,7-8H2,1-2H3. The van der Waals surface area contributed by atoms with Crippen molar-refractivity contribution >= 4 is 0 Å². The van der Waals surface area contributed by atoms with E-state index in [9.17, 15) is 4.39 Å². The summed E-state index contributed by atoms with van der Waals surface area (Å²) in [4.78, 5) is 8.41. The van der Waals surface area contributed by atoms with Gasteiger partial charge in [0.15, 0.2) is 0 Å². The van der Waals surface area contributed by atoms with E-state index in [4.69, 9.17) is 0 Å². The lowest BCUT2D eigenvalue weighted by atomic mass is 10.1. The first-order chi connectivity index (χ1) is 8.65. The lowest BCUT2D eigenvalue weighted by molar-refractivity contribution is 0.610. The molecule has 0 radical (unpaired) electrons. The number of hydrogen-bond acceptors (Lipinski definition) is 3. The highest BCUT2D eigenvalue weighted by molar-refractivity contribution is 5.23. The highest BCUT2D eigenvalue weighted by atomic mass is 19.1. The van der Waals surface area contributed by atoms with E-state index in [1.54, 1.807) is 31.5 Å². The van der Waals surface area contributed by atoms with Gasteiger partial charge in [0.05, 0.1) is 11.4 Å². The van der Waals surface area contributed by atoms with Crippen LogP contribution >= 0.6 is 0 Å². The van der Waals surface area contributed by atoms with E-state index < -0.39 is 0 Å². The molecule has 0 bridgehead atoms. The van der Waals surface area contributed by atoms with Gasteiger partial charge >= 0.3 is 0 Å². The number of rotatable bonds is 4. The smallest absolute Gasteiger partial charge is 0.126 e. The molecule has 0 aliphatic heterocycles. The van der Waals surface area contributed by atoms with Crippen LogP contribution in [0, 0.1) is 19.7 Å². The fourth-order valence-electron chi connectivity index (χ4n) is 1.59. The first kappa shape index (κ1) is 12.6. The first-order valence-electron chi connectivity index (χ1n) is 5.88. The van der Waals surface area contributed by atoms with Gasteiger partial charge in [0.2, 0.25) is 0 Å². The van der Waals surface area contributed by atoms with E-state index in [1.165, 1.54) is 0 Å². The monoisotopic (exact) mass is 245 g/mol. The second-order valence-corrected chi connectivity index (χ2v) is 4.34. The molecule has 2 aromatic rings. The molecule has 3 nitrogen and oxygen atoms in total. The predicted octanol–water partition coefficient (Wildman–Crippen LogP) is 2.52. The predicted molar refractivity (Wildman–Crippen MR) is 68.4 cm³/mol. The van der Waals surface area contributed by atoms with Gasteiger partial charge in [-0.25, -0.2) is 4.39 Å². The molecule has 1 heterocycles. The zero-order chi connectivity index (χ0) is 13.0. The second-order valence-electron chi connectivity index (χ2n) is 4.34. The average molecular weight is 245 g/mol. The Morgan fingerprint density at radius 1 is 1.11 bits per heavy atom. The summed E-state index contributed by atoms with van der Waals surface area (Å²) in [7, 11) is 0. The molecule has 0 aliphatic rings. The quantitative estimate of drug-likeness (QED) is 0.899. The third kappa shape index (κ3) is 3.34. The average Bonchev–Trinajstić information content (AvgIpc) is 2.36. The summed E-state index contributed by atoms with van der Waals surface area (Å²) in [6.07, 6.45) is 3.49. The number of nitrogens with zero attached hydrogens (tertiary/aromatic N) is 2. The number of hydrogen-bond donors (Lipinski definition) is 1. The molecule has 2 rings (SSSR count). The largest absolute Gasteiger partial charge is 0.307 e. The first-order valence-corrected chi connectivity index (χ1v) is 5.88. The second kappa shape index (κ2) is 5.69. The molecule has 0 fully saturated rings. The molecular formula is C14H16FN3. The van der Waals surface area contributed by atoms with Crippen LogP contribution in [0.5, 0.6) is 0 Å². The van der Waals surface area contributed by atoms with Crippen LogP contribution in [0.25, 0.3) is 0 Å². The molecule has 0 spiro atoms. The van der Waals surface area contributed by atoms with Gasteiger partial charge in [-0.05, 0) is 31.0 Å². The molecule has 0 saturated heterocycles. The summed E-state index contributed by atoms with van der Waals surface area (Å²) < 4.78 is 13.3. The van der Waals surface area contributed by atoms with E-state index in [-0.39, 0.29) is 5.82 Å². The summed E-state index contributed by atoms with van der Waals surface area (Å²) in [5.41, 5.74) is 3.38. The Morgan fingerprint density at radius 3 is 2.61 bits per heavy atom. The van der Waals surface area contributed by atoms with Crippen LogP contribution < -0.4 is 5.32 Å². The molecule has 4 heteroatoms. The summed E-state index contributed by atoms with van der Waals surface area (Å²) in [6.45, 7) is 4.91. The van der Waals surface area contributed by atoms with Gasteiger partial charge in [-0.15, -0.1) is 0 Å². The number of benzene rings is 1. The molecule has 0 saturated carbocycles. The summed E-state index contributed by atoms with van der Waals surface area (Å²) in [5.74, 6) is -0.163. The Labute approximate surface area is 106 Å². The Morgan fingerprint density at radius 2 is 1.94 bits per heavy atom. The zero-order valence-corrected chi connectivity index (χ0v) is 10.6. The van der Waals surface area contributed by atoms with Crippen molar-refractivity contribution in [2.75, 3.05) is 0 Å². The summed E-state index contributed by atoms with van der Waals surface area (Å²) >= 11 is 0. The van der Waals surface area contributed by atoms with Crippen molar-refractivity contribution in [3.05, 3.63) is 58.9 Å². The van der Waals surface area contributed by atoms with E-state index >= 15 is 0 Å². The lowest BCUT2D eigenvalue weighted by Crippen LogP contribution is -2.14. The highest BCUT2D eigenvalue weighted by Gasteiger charge is 2.00. The van der Waals surface area contributed by atoms with Gasteiger partial charge in [-0.3, -0.25) is 9.97 Å². The van der Waals surface area contributed by atoms with Gasteiger partial charge < -0.3 is 5.32 Å². The van der Waals surface area contributed by atoms with Crippen molar-refractivity contribution in [1.29, 1.82) is 0 Å². The fourth-order valence-corrected chi connectivity index (χ4v) is 1.59. The SMILES string of the molecule is Cc1cnc(CNCc2ccc(C)c(F)c2)cn1. The van der Waals surface area contributed by atoms with Crippen LogP contribution in [0.4, 0.5) is 4.39 Å². The Hall–Kier alpha value is -1.81. The highest BCUT2D eigenvalue weighted by Crippen LogP contribution is 2.09. The van der Waals surface area contributed by atoms with Crippen LogP contribution in [-0.4, -0.2) is 9.97 Å². The van der Waals surface area contributed by atoms with Crippen molar-refractivity contribution in [3.63, 3.8) is 0 Å². The molecule has 0 amide bonds. The van der Waals surface area contributed by atoms with Gasteiger partial charge in [-0.2, -0.15) is 0 Å². The maximum atomic E-state index is 13.3. The Kier molecular flexibility index (Phi) is 3.99. The van der Waals surface area contributed by atoms with Gasteiger partial charge in [-0.1, -0.05) is 12.1 Å². The minimum absolute atomic E-state index is 0.163. The van der Waals surface area contributed by atoms with Crippen molar-refractivity contribution in [2.24, 2.45) is 0 Å². The number of nitrogens with one attached hydrogen (secondary N) is 1. The third-order valence-corrected chi connectivity index (χ3v) is 2.71. The minimum Gasteiger partial charge on any atom is -0.307 e. The third-order valence-electron chi connectivity index (χ3n) is 2.71. The van der Waals surface area contributed by atoms with Crippen LogP contribution in [0.1, 0.15) is 22.5 Å². The van der Waals surface area contributed by atoms with Crippen LogP contribution in [0.15, 0.2) is 30.6 Å². The van der Waals surface area contributed by atoms with Crippen molar-refractivity contribution in [1.82, 2.24) is 15.3 Å². The fraction of sp³-hybridized carbons (Fsp3) is 0.286. The normalized spacial score (nSPS) is 10.6. The van der Waals surface area contributed by atoms with Crippen LogP contribution in [-0.2, 0) is 13.1 Å². The van der Waals surface area contributed by atoms with E-state index in [0.717, 1.165) is 17.0 Å². The molecule has 1 aromatic heterocycles. The number of aromatic nitrogens is 2. The minimum atomic E-state index is -0.163. The van der Waals surface area contributed by atoms with Crippen LogP contribution in [0.3, 0.4) is 0 Å². The summed E-state index contributed by atoms with van der Waals surface area (Å²) in [5, 5.41) is 3.21. The van der Waals surface area contributed by atoms with Gasteiger partial charge in [0, 0.05) is 25.5 Å². The van der Waals surface area contributed by atoms with Gasteiger partial charge in [0.1, 0.15) is 5.82 Å².